The third-order valence-electron chi connectivity index (χ3n) is 4.32. The Morgan fingerprint density at radius 1 is 0.903 bits per heavy atom. The van der Waals surface area contributed by atoms with Crippen LogP contribution < -0.4 is 15.4 Å². The van der Waals surface area contributed by atoms with Crippen LogP contribution in [0.5, 0.6) is 5.88 Å². The van der Waals surface area contributed by atoms with Crippen molar-refractivity contribution in [1.29, 1.82) is 0 Å². The number of hydrogen-bond acceptors (Lipinski definition) is 5. The molecule has 1 heterocycles. The maximum absolute atomic E-state index is 12.4. The summed E-state index contributed by atoms with van der Waals surface area (Å²) in [4.78, 5) is 21.5. The van der Waals surface area contributed by atoms with Gasteiger partial charge in [0.25, 0.3) is 11.8 Å². The molecular weight excluding hydrogens is 432 g/mol. The highest BCUT2D eigenvalue weighted by Gasteiger charge is 2.14. The zero-order valence-corrected chi connectivity index (χ0v) is 17.8. The number of nitrogens with one attached hydrogen (secondary N) is 2. The van der Waals surface area contributed by atoms with Gasteiger partial charge in [0.2, 0.25) is 0 Å². The van der Waals surface area contributed by atoms with Crippen LogP contribution in [0.2, 0.25) is 5.02 Å². The molecule has 6 nitrogen and oxygen atoms in total. The Bertz CT molecular complexity index is 1230. The third-order valence-corrected chi connectivity index (χ3v) is 4.78. The minimum atomic E-state index is -0.324. The number of ether oxygens (including phenoxy) is 1. The Kier molecular flexibility index (Phi) is 6.35. The van der Waals surface area contributed by atoms with Crippen molar-refractivity contribution in [2.24, 2.45) is 0 Å². The van der Waals surface area contributed by atoms with Crippen molar-refractivity contribution in [3.05, 3.63) is 95.0 Å². The molecule has 0 fully saturated rings. The topological polar surface area (TPSA) is 76.1 Å². The second kappa shape index (κ2) is 9.51. The predicted octanol–water partition coefficient (Wildman–Crippen LogP) is 4.99. The zero-order valence-electron chi connectivity index (χ0n) is 16.2. The lowest BCUT2D eigenvalue weighted by molar-refractivity contribution is 0.0977. The summed E-state index contributed by atoms with van der Waals surface area (Å²) in [6.45, 7) is 0.266. The third kappa shape index (κ3) is 5.33. The number of rotatable bonds is 5. The van der Waals surface area contributed by atoms with Gasteiger partial charge in [-0.05, 0) is 54.2 Å². The number of fused-ring (bicyclic) bond motifs is 1. The van der Waals surface area contributed by atoms with Crippen LogP contribution in [0.4, 0.5) is 5.82 Å². The largest absolute Gasteiger partial charge is 0.470 e. The summed E-state index contributed by atoms with van der Waals surface area (Å²) in [6, 6.07) is 23.5. The lowest BCUT2D eigenvalue weighted by Gasteiger charge is -2.14. The smallest absolute Gasteiger partial charge is 0.258 e. The van der Waals surface area contributed by atoms with Crippen LogP contribution in [0.1, 0.15) is 15.9 Å². The highest BCUT2D eigenvalue weighted by Crippen LogP contribution is 2.24. The van der Waals surface area contributed by atoms with Crippen LogP contribution in [-0.2, 0) is 6.61 Å². The number of carbonyl (C=O) groups is 1. The minimum Gasteiger partial charge on any atom is -0.470 e. The highest BCUT2D eigenvalue weighted by molar-refractivity contribution is 7.80. The van der Waals surface area contributed by atoms with Gasteiger partial charge in [0, 0.05) is 10.6 Å². The molecule has 4 aromatic rings. The van der Waals surface area contributed by atoms with E-state index in [-0.39, 0.29) is 23.5 Å². The number of amides is 1. The molecule has 0 bridgehead atoms. The average Bonchev–Trinajstić information content (AvgIpc) is 2.79. The second-order valence-electron chi connectivity index (χ2n) is 6.56. The van der Waals surface area contributed by atoms with E-state index in [0.717, 1.165) is 5.56 Å². The first-order valence-corrected chi connectivity index (χ1v) is 10.2. The van der Waals surface area contributed by atoms with Gasteiger partial charge < -0.3 is 10.1 Å². The molecule has 0 atom stereocenters. The number of para-hydroxylation sites is 2. The summed E-state index contributed by atoms with van der Waals surface area (Å²) < 4.78 is 5.91. The molecular formula is C23H17ClN4O2S. The summed E-state index contributed by atoms with van der Waals surface area (Å²) >= 11 is 11.2. The quantitative estimate of drug-likeness (QED) is 0.419. The van der Waals surface area contributed by atoms with Gasteiger partial charge in [0.1, 0.15) is 6.61 Å². The van der Waals surface area contributed by atoms with Crippen LogP contribution in [0.3, 0.4) is 0 Å². The maximum Gasteiger partial charge on any atom is 0.258 e. The molecule has 0 aliphatic heterocycles. The summed E-state index contributed by atoms with van der Waals surface area (Å²) in [5.74, 6) is 0.256. The second-order valence-corrected chi connectivity index (χ2v) is 7.40. The SMILES string of the molecule is O=C(NC(=S)Nc1nc2ccccc2nc1OCc1ccc(Cl)cc1)c1ccccc1. The van der Waals surface area contributed by atoms with Crippen LogP contribution in [-0.4, -0.2) is 21.0 Å². The van der Waals surface area contributed by atoms with Gasteiger partial charge in [-0.25, -0.2) is 9.97 Å². The predicted molar refractivity (Wildman–Crippen MR) is 125 cm³/mol. The van der Waals surface area contributed by atoms with Crippen molar-refractivity contribution in [2.75, 3.05) is 5.32 Å². The molecule has 1 aromatic heterocycles. The maximum atomic E-state index is 12.4. The highest BCUT2D eigenvalue weighted by atomic mass is 35.5. The molecule has 0 radical (unpaired) electrons. The Balaban J connectivity index is 1.54. The van der Waals surface area contributed by atoms with Crippen LogP contribution in [0.25, 0.3) is 11.0 Å². The summed E-state index contributed by atoms with van der Waals surface area (Å²) in [6.07, 6.45) is 0. The normalized spacial score (nSPS) is 10.5. The van der Waals surface area contributed by atoms with Gasteiger partial charge in [0.15, 0.2) is 10.9 Å². The van der Waals surface area contributed by atoms with Crippen molar-refractivity contribution in [3.63, 3.8) is 0 Å². The molecule has 0 aliphatic carbocycles. The number of halogens is 1. The van der Waals surface area contributed by atoms with Gasteiger partial charge in [-0.1, -0.05) is 54.1 Å². The number of hydrogen-bond donors (Lipinski definition) is 2. The molecule has 31 heavy (non-hydrogen) atoms. The first-order chi connectivity index (χ1) is 15.1. The van der Waals surface area contributed by atoms with E-state index in [1.807, 2.05) is 42.5 Å². The van der Waals surface area contributed by atoms with E-state index in [0.29, 0.717) is 27.4 Å². The fraction of sp³-hybridized carbons (Fsp3) is 0.0435. The Labute approximate surface area is 189 Å². The zero-order chi connectivity index (χ0) is 21.6. The lowest BCUT2D eigenvalue weighted by Crippen LogP contribution is -2.34. The Hall–Kier alpha value is -3.55. The number of thiocarbonyl (C=S) groups is 1. The molecule has 0 saturated heterocycles. The molecule has 0 unspecified atom stereocenters. The molecule has 154 valence electrons. The first-order valence-electron chi connectivity index (χ1n) is 9.40. The molecule has 0 spiro atoms. The molecule has 1 amide bonds. The van der Waals surface area contributed by atoms with Crippen LogP contribution in [0, 0.1) is 0 Å². The summed E-state index contributed by atoms with van der Waals surface area (Å²) in [7, 11) is 0. The molecule has 4 rings (SSSR count). The van der Waals surface area contributed by atoms with Crippen molar-refractivity contribution in [2.45, 2.75) is 6.61 Å². The Morgan fingerprint density at radius 2 is 1.55 bits per heavy atom. The van der Waals surface area contributed by atoms with E-state index in [9.17, 15) is 4.79 Å². The van der Waals surface area contributed by atoms with E-state index in [2.05, 4.69) is 20.6 Å². The minimum absolute atomic E-state index is 0.0924. The van der Waals surface area contributed by atoms with Gasteiger partial charge in [-0.3, -0.25) is 10.1 Å². The standard InChI is InChI=1S/C23H17ClN4O2S/c24-17-12-10-15(11-13-17)14-30-22-20(25-18-8-4-5-9-19(18)26-22)27-23(31)28-21(29)16-6-2-1-3-7-16/h1-13H,14H2,(H2,25,27,28,29,31). The molecule has 2 N–H and O–H groups in total. The summed E-state index contributed by atoms with van der Waals surface area (Å²) in [5.41, 5.74) is 2.76. The van der Waals surface area contributed by atoms with Crippen LogP contribution in [0.15, 0.2) is 78.9 Å². The van der Waals surface area contributed by atoms with Gasteiger partial charge in [0.05, 0.1) is 11.0 Å². The van der Waals surface area contributed by atoms with Crippen molar-refractivity contribution < 1.29 is 9.53 Å². The number of benzene rings is 3. The van der Waals surface area contributed by atoms with Crippen LogP contribution >= 0.6 is 23.8 Å². The van der Waals surface area contributed by atoms with Crippen molar-refractivity contribution >= 4 is 51.7 Å². The lowest BCUT2D eigenvalue weighted by atomic mass is 10.2. The van der Waals surface area contributed by atoms with Crippen molar-refractivity contribution in [3.8, 4) is 5.88 Å². The number of carbonyl (C=O) groups excluding carboxylic acids is 1. The molecule has 3 aromatic carbocycles. The van der Waals surface area contributed by atoms with E-state index in [1.165, 1.54) is 0 Å². The number of nitrogens with zero attached hydrogens (tertiary/aromatic N) is 2. The van der Waals surface area contributed by atoms with Gasteiger partial charge >= 0.3 is 0 Å². The fourth-order valence-corrected chi connectivity index (χ4v) is 3.12. The first kappa shape index (κ1) is 20.7. The van der Waals surface area contributed by atoms with Gasteiger partial charge in [-0.15, -0.1) is 0 Å². The molecule has 0 aliphatic rings. The number of aromatic nitrogens is 2. The monoisotopic (exact) mass is 448 g/mol. The molecule has 8 heteroatoms. The van der Waals surface area contributed by atoms with Crippen molar-refractivity contribution in [1.82, 2.24) is 15.3 Å². The average molecular weight is 449 g/mol. The fourth-order valence-electron chi connectivity index (χ4n) is 2.80. The van der Waals surface area contributed by atoms with E-state index < -0.39 is 0 Å². The van der Waals surface area contributed by atoms with E-state index in [4.69, 9.17) is 28.6 Å². The number of anilines is 1. The van der Waals surface area contributed by atoms with Gasteiger partial charge in [-0.2, -0.15) is 0 Å². The Morgan fingerprint density at radius 3 is 2.26 bits per heavy atom. The van der Waals surface area contributed by atoms with E-state index >= 15 is 0 Å². The summed E-state index contributed by atoms with van der Waals surface area (Å²) in [5, 5.41) is 6.31. The van der Waals surface area contributed by atoms with E-state index in [1.54, 1.807) is 36.4 Å². The molecule has 0 saturated carbocycles.